The maximum absolute atomic E-state index is 13.4. The van der Waals surface area contributed by atoms with E-state index in [1.54, 1.807) is 12.1 Å². The number of benzene rings is 2. The van der Waals surface area contributed by atoms with Crippen LogP contribution in [0.5, 0.6) is 0 Å². The highest BCUT2D eigenvalue weighted by Gasteiger charge is 2.13. The van der Waals surface area contributed by atoms with Gasteiger partial charge in [-0.25, -0.2) is 9.18 Å². The zero-order valence-electron chi connectivity index (χ0n) is 14.4. The summed E-state index contributed by atoms with van der Waals surface area (Å²) in [7, 11) is 0. The first-order valence-corrected chi connectivity index (χ1v) is 7.99. The van der Waals surface area contributed by atoms with Crippen LogP contribution in [0.1, 0.15) is 46.0 Å². The smallest absolute Gasteiger partial charge is 0.338 e. The molecule has 0 radical (unpaired) electrons. The van der Waals surface area contributed by atoms with Gasteiger partial charge < -0.3 is 4.74 Å². The van der Waals surface area contributed by atoms with Gasteiger partial charge in [0.05, 0.1) is 11.1 Å². The number of hydrazine groups is 1. The second-order valence-corrected chi connectivity index (χ2v) is 5.83. The van der Waals surface area contributed by atoms with Crippen LogP contribution in [0.25, 0.3) is 0 Å². The minimum absolute atomic E-state index is 0.213. The van der Waals surface area contributed by atoms with Gasteiger partial charge in [-0.3, -0.25) is 20.4 Å². The first kappa shape index (κ1) is 19.1. The number of carbonyl (C=O) groups excluding carboxylic acids is 3. The van der Waals surface area contributed by atoms with E-state index in [1.165, 1.54) is 18.2 Å². The Kier molecular flexibility index (Phi) is 6.43. The summed E-state index contributed by atoms with van der Waals surface area (Å²) in [6, 6.07) is 12.2. The summed E-state index contributed by atoms with van der Waals surface area (Å²) in [5.74, 6) is -2.59. The summed E-state index contributed by atoms with van der Waals surface area (Å²) in [4.78, 5) is 35.3. The second-order valence-electron chi connectivity index (χ2n) is 5.83. The van der Waals surface area contributed by atoms with Crippen LogP contribution in [0.4, 0.5) is 4.39 Å². The molecule has 0 aliphatic rings. The van der Waals surface area contributed by atoms with Crippen molar-refractivity contribution in [3.8, 4) is 0 Å². The number of hydrogen-bond donors (Lipinski definition) is 2. The Morgan fingerprint density at radius 2 is 1.65 bits per heavy atom. The van der Waals surface area contributed by atoms with Crippen molar-refractivity contribution < 1.29 is 23.5 Å². The SMILES string of the molecule is CC(C)c1ccc(C(=O)OCC(=O)NNC(=O)c2ccccc2F)cc1. The minimum atomic E-state index is -0.813. The predicted octanol–water partition coefficient (Wildman–Crippen LogP) is 2.57. The number of amides is 2. The molecule has 0 atom stereocenters. The van der Waals surface area contributed by atoms with E-state index in [0.717, 1.165) is 11.6 Å². The van der Waals surface area contributed by atoms with Crippen LogP contribution < -0.4 is 10.9 Å². The molecule has 0 aliphatic heterocycles. The standard InChI is InChI=1S/C19H19FN2O4/c1-12(2)13-7-9-14(10-8-13)19(25)26-11-17(23)21-22-18(24)15-5-3-4-6-16(15)20/h3-10,12H,11H2,1-2H3,(H,21,23)(H,22,24). The van der Waals surface area contributed by atoms with E-state index in [-0.39, 0.29) is 5.56 Å². The maximum Gasteiger partial charge on any atom is 0.338 e. The van der Waals surface area contributed by atoms with E-state index in [1.807, 2.05) is 26.0 Å². The molecule has 2 aromatic carbocycles. The van der Waals surface area contributed by atoms with Gasteiger partial charge >= 0.3 is 5.97 Å². The normalized spacial score (nSPS) is 10.3. The van der Waals surface area contributed by atoms with Gasteiger partial charge in [0.2, 0.25) is 0 Å². The van der Waals surface area contributed by atoms with Crippen molar-refractivity contribution >= 4 is 17.8 Å². The maximum atomic E-state index is 13.4. The Bertz CT molecular complexity index is 803. The topological polar surface area (TPSA) is 84.5 Å². The van der Waals surface area contributed by atoms with Gasteiger partial charge in [-0.2, -0.15) is 0 Å². The molecular formula is C19H19FN2O4. The molecule has 7 heteroatoms. The fourth-order valence-corrected chi connectivity index (χ4v) is 2.09. The molecule has 2 rings (SSSR count). The molecule has 0 unspecified atom stereocenters. The van der Waals surface area contributed by atoms with E-state index in [0.29, 0.717) is 11.5 Å². The molecule has 6 nitrogen and oxygen atoms in total. The molecule has 2 aromatic rings. The molecule has 2 amide bonds. The monoisotopic (exact) mass is 358 g/mol. The largest absolute Gasteiger partial charge is 0.452 e. The van der Waals surface area contributed by atoms with Crippen LogP contribution in [0.15, 0.2) is 48.5 Å². The third-order valence-corrected chi connectivity index (χ3v) is 3.58. The lowest BCUT2D eigenvalue weighted by molar-refractivity contribution is -0.125. The first-order chi connectivity index (χ1) is 12.4. The third kappa shape index (κ3) is 5.14. The highest BCUT2D eigenvalue weighted by atomic mass is 19.1. The Balaban J connectivity index is 1.80. The molecule has 0 saturated heterocycles. The number of hydrogen-bond acceptors (Lipinski definition) is 4. The molecule has 0 fully saturated rings. The summed E-state index contributed by atoms with van der Waals surface area (Å²) in [5, 5.41) is 0. The highest BCUT2D eigenvalue weighted by Crippen LogP contribution is 2.15. The summed E-state index contributed by atoms with van der Waals surface area (Å²) >= 11 is 0. The number of ether oxygens (including phenoxy) is 1. The Morgan fingerprint density at radius 1 is 1.00 bits per heavy atom. The number of esters is 1. The van der Waals surface area contributed by atoms with Crippen molar-refractivity contribution in [2.24, 2.45) is 0 Å². The van der Waals surface area contributed by atoms with E-state index >= 15 is 0 Å². The van der Waals surface area contributed by atoms with E-state index in [4.69, 9.17) is 4.74 Å². The van der Waals surface area contributed by atoms with E-state index in [9.17, 15) is 18.8 Å². The van der Waals surface area contributed by atoms with Gasteiger partial charge in [-0.05, 0) is 35.7 Å². The second kappa shape index (κ2) is 8.75. The van der Waals surface area contributed by atoms with Crippen molar-refractivity contribution in [2.45, 2.75) is 19.8 Å². The average molecular weight is 358 g/mol. The third-order valence-electron chi connectivity index (χ3n) is 3.58. The van der Waals surface area contributed by atoms with Crippen LogP contribution in [0, 0.1) is 5.82 Å². The summed E-state index contributed by atoms with van der Waals surface area (Å²) in [6.07, 6.45) is 0. The van der Waals surface area contributed by atoms with Gasteiger partial charge in [0.1, 0.15) is 5.82 Å². The van der Waals surface area contributed by atoms with E-state index < -0.39 is 30.2 Å². The number of carbonyl (C=O) groups is 3. The van der Waals surface area contributed by atoms with Gasteiger partial charge in [0.25, 0.3) is 11.8 Å². The van der Waals surface area contributed by atoms with Crippen molar-refractivity contribution in [3.05, 3.63) is 71.0 Å². The number of halogens is 1. The molecule has 0 aliphatic carbocycles. The van der Waals surface area contributed by atoms with Crippen LogP contribution >= 0.6 is 0 Å². The lowest BCUT2D eigenvalue weighted by atomic mass is 10.0. The van der Waals surface area contributed by atoms with Crippen LogP contribution in [-0.4, -0.2) is 24.4 Å². The van der Waals surface area contributed by atoms with Crippen LogP contribution in [-0.2, 0) is 9.53 Å². The molecule has 136 valence electrons. The number of nitrogens with one attached hydrogen (secondary N) is 2. The Labute approximate surface area is 150 Å². The van der Waals surface area contributed by atoms with Gasteiger partial charge in [-0.15, -0.1) is 0 Å². The van der Waals surface area contributed by atoms with Gasteiger partial charge in [0.15, 0.2) is 6.61 Å². The van der Waals surface area contributed by atoms with Crippen LogP contribution in [0.3, 0.4) is 0 Å². The predicted molar refractivity (Wildman–Crippen MR) is 92.8 cm³/mol. The summed E-state index contributed by atoms with van der Waals surface area (Å²) in [5.41, 5.74) is 5.29. The zero-order chi connectivity index (χ0) is 19.1. The fourth-order valence-electron chi connectivity index (χ4n) is 2.09. The van der Waals surface area contributed by atoms with Crippen molar-refractivity contribution in [1.82, 2.24) is 10.9 Å². The van der Waals surface area contributed by atoms with Crippen molar-refractivity contribution in [1.29, 1.82) is 0 Å². The number of rotatable bonds is 5. The Morgan fingerprint density at radius 3 is 2.27 bits per heavy atom. The lowest BCUT2D eigenvalue weighted by Crippen LogP contribution is -2.43. The first-order valence-electron chi connectivity index (χ1n) is 7.99. The highest BCUT2D eigenvalue weighted by molar-refractivity contribution is 5.96. The quantitative estimate of drug-likeness (QED) is 0.635. The molecule has 0 saturated carbocycles. The fraction of sp³-hybridized carbons (Fsp3) is 0.211. The van der Waals surface area contributed by atoms with Crippen molar-refractivity contribution in [2.75, 3.05) is 6.61 Å². The molecule has 0 aromatic heterocycles. The molecule has 0 spiro atoms. The molecule has 0 heterocycles. The molecular weight excluding hydrogens is 339 g/mol. The Hall–Kier alpha value is -3.22. The van der Waals surface area contributed by atoms with E-state index in [2.05, 4.69) is 10.9 Å². The molecule has 26 heavy (non-hydrogen) atoms. The van der Waals surface area contributed by atoms with Gasteiger partial charge in [0, 0.05) is 0 Å². The summed E-state index contributed by atoms with van der Waals surface area (Å²) < 4.78 is 18.3. The van der Waals surface area contributed by atoms with Gasteiger partial charge in [-0.1, -0.05) is 38.1 Å². The zero-order valence-corrected chi connectivity index (χ0v) is 14.4. The van der Waals surface area contributed by atoms with Crippen LogP contribution in [0.2, 0.25) is 0 Å². The minimum Gasteiger partial charge on any atom is -0.452 e. The molecule has 2 N–H and O–H groups in total. The lowest BCUT2D eigenvalue weighted by Gasteiger charge is -2.09. The summed E-state index contributed by atoms with van der Waals surface area (Å²) in [6.45, 7) is 3.49. The average Bonchev–Trinajstić information content (AvgIpc) is 2.64. The molecule has 0 bridgehead atoms. The van der Waals surface area contributed by atoms with Crippen molar-refractivity contribution in [3.63, 3.8) is 0 Å².